The zero-order chi connectivity index (χ0) is 15.6. The molecule has 114 valence electrons. The average Bonchev–Trinajstić information content (AvgIpc) is 2.28. The first-order chi connectivity index (χ1) is 9.07. The van der Waals surface area contributed by atoms with Crippen LogP contribution in [0.4, 0.5) is 0 Å². The lowest BCUT2D eigenvalue weighted by molar-refractivity contribution is 0.422. The zero-order valence-electron chi connectivity index (χ0n) is 14.2. The maximum atomic E-state index is 10.6. The number of nitrogens with one attached hydrogen (secondary N) is 1. The molecule has 0 saturated carbocycles. The molecule has 1 rings (SSSR count). The predicted molar refractivity (Wildman–Crippen MR) is 87.8 cm³/mol. The zero-order valence-corrected chi connectivity index (χ0v) is 14.2. The molecule has 0 aliphatic heterocycles. The highest BCUT2D eigenvalue weighted by atomic mass is 16.3. The van der Waals surface area contributed by atoms with Gasteiger partial charge in [-0.2, -0.15) is 0 Å². The van der Waals surface area contributed by atoms with Crippen molar-refractivity contribution < 1.29 is 5.11 Å². The monoisotopic (exact) mass is 277 g/mol. The van der Waals surface area contributed by atoms with Gasteiger partial charge in [0.15, 0.2) is 0 Å². The Balaban J connectivity index is 3.28. The van der Waals surface area contributed by atoms with E-state index in [1.165, 1.54) is 5.56 Å². The first-order valence-electron chi connectivity index (χ1n) is 7.65. The molecule has 0 saturated heterocycles. The highest BCUT2D eigenvalue weighted by Gasteiger charge is 2.26. The Kier molecular flexibility index (Phi) is 5.26. The third kappa shape index (κ3) is 4.24. The number of benzene rings is 1. The molecule has 0 fully saturated rings. The summed E-state index contributed by atoms with van der Waals surface area (Å²) in [4.78, 5) is 0. The van der Waals surface area contributed by atoms with Crippen molar-refractivity contribution in [3.8, 4) is 5.75 Å². The minimum Gasteiger partial charge on any atom is -0.507 e. The predicted octanol–water partition coefficient (Wildman–Crippen LogP) is 4.14. The molecule has 0 aromatic heterocycles. The molecule has 0 heterocycles. The molecule has 0 unspecified atom stereocenters. The van der Waals surface area contributed by atoms with Gasteiger partial charge in [-0.1, -0.05) is 60.6 Å². The fourth-order valence-electron chi connectivity index (χ4n) is 2.39. The van der Waals surface area contributed by atoms with Gasteiger partial charge in [0.25, 0.3) is 0 Å². The van der Waals surface area contributed by atoms with Gasteiger partial charge in [0.1, 0.15) is 5.75 Å². The molecule has 0 spiro atoms. The summed E-state index contributed by atoms with van der Waals surface area (Å²) in [5.41, 5.74) is 3.32. The van der Waals surface area contributed by atoms with Crippen molar-refractivity contribution in [1.82, 2.24) is 5.32 Å². The second-order valence-electron chi connectivity index (χ2n) is 7.64. The number of phenols is 1. The number of aromatic hydroxyl groups is 1. The van der Waals surface area contributed by atoms with E-state index in [9.17, 15) is 5.11 Å². The number of hydrogen-bond donors (Lipinski definition) is 2. The highest BCUT2D eigenvalue weighted by Crippen LogP contribution is 2.39. The molecule has 0 amide bonds. The second-order valence-corrected chi connectivity index (χ2v) is 7.64. The molecule has 20 heavy (non-hydrogen) atoms. The van der Waals surface area contributed by atoms with Gasteiger partial charge in [0, 0.05) is 0 Å². The highest BCUT2D eigenvalue weighted by molar-refractivity contribution is 5.49. The van der Waals surface area contributed by atoms with Crippen molar-refractivity contribution >= 4 is 0 Å². The summed E-state index contributed by atoms with van der Waals surface area (Å²) < 4.78 is 0. The van der Waals surface area contributed by atoms with E-state index in [0.29, 0.717) is 5.75 Å². The maximum absolute atomic E-state index is 10.6. The molecule has 0 atom stereocenters. The summed E-state index contributed by atoms with van der Waals surface area (Å²) in [5.74, 6) is 0.470. The summed E-state index contributed by atoms with van der Waals surface area (Å²) >= 11 is 0. The molecule has 1 aromatic rings. The standard InChI is InChI=1S/C18H31NO/c1-8-19-10-9-13-11-14(17(2,3)4)16(20)15(12-13)18(5,6)7/h11-12,19-20H,8-10H2,1-7H3. The minimum absolute atomic E-state index is 0.0434. The van der Waals surface area contributed by atoms with E-state index in [4.69, 9.17) is 0 Å². The van der Waals surface area contributed by atoms with Crippen molar-refractivity contribution in [2.24, 2.45) is 0 Å². The van der Waals surface area contributed by atoms with Gasteiger partial charge in [0.2, 0.25) is 0 Å². The fraction of sp³-hybridized carbons (Fsp3) is 0.667. The van der Waals surface area contributed by atoms with Crippen LogP contribution in [-0.2, 0) is 17.3 Å². The average molecular weight is 277 g/mol. The Labute approximate surface area is 124 Å². The van der Waals surface area contributed by atoms with E-state index < -0.39 is 0 Å². The second kappa shape index (κ2) is 6.17. The van der Waals surface area contributed by atoms with Crippen molar-refractivity contribution in [3.63, 3.8) is 0 Å². The Bertz CT molecular complexity index is 414. The van der Waals surface area contributed by atoms with Gasteiger partial charge < -0.3 is 10.4 Å². The molecule has 0 aliphatic rings. The first kappa shape index (κ1) is 17.0. The van der Waals surface area contributed by atoms with E-state index in [1.54, 1.807) is 0 Å². The van der Waals surface area contributed by atoms with Crippen LogP contribution in [0.2, 0.25) is 0 Å². The minimum atomic E-state index is -0.0434. The van der Waals surface area contributed by atoms with Crippen LogP contribution < -0.4 is 5.32 Å². The summed E-state index contributed by atoms with van der Waals surface area (Å²) in [6, 6.07) is 4.34. The van der Waals surface area contributed by atoms with Crippen LogP contribution in [-0.4, -0.2) is 18.2 Å². The first-order valence-corrected chi connectivity index (χ1v) is 7.65. The normalized spacial score (nSPS) is 12.8. The van der Waals surface area contributed by atoms with Crippen molar-refractivity contribution in [3.05, 3.63) is 28.8 Å². The molecule has 1 aromatic carbocycles. The molecule has 0 aliphatic carbocycles. The van der Waals surface area contributed by atoms with Crippen LogP contribution in [0.15, 0.2) is 12.1 Å². The smallest absolute Gasteiger partial charge is 0.123 e. The van der Waals surface area contributed by atoms with Crippen LogP contribution in [0, 0.1) is 0 Å². The van der Waals surface area contributed by atoms with E-state index in [2.05, 4.69) is 65.9 Å². The fourth-order valence-corrected chi connectivity index (χ4v) is 2.39. The lowest BCUT2D eigenvalue weighted by Crippen LogP contribution is -2.20. The molecule has 2 nitrogen and oxygen atoms in total. The van der Waals surface area contributed by atoms with Gasteiger partial charge in [-0.3, -0.25) is 0 Å². The Morgan fingerprint density at radius 1 is 0.950 bits per heavy atom. The summed E-state index contributed by atoms with van der Waals surface area (Å²) in [7, 11) is 0. The van der Waals surface area contributed by atoms with E-state index in [0.717, 1.165) is 30.6 Å². The largest absolute Gasteiger partial charge is 0.507 e. The molecular formula is C18H31NO. The third-order valence-corrected chi connectivity index (χ3v) is 3.63. The van der Waals surface area contributed by atoms with E-state index in [1.807, 2.05) is 0 Å². The van der Waals surface area contributed by atoms with Gasteiger partial charge >= 0.3 is 0 Å². The number of hydrogen-bond acceptors (Lipinski definition) is 2. The van der Waals surface area contributed by atoms with Gasteiger partial charge in [-0.25, -0.2) is 0 Å². The Morgan fingerprint density at radius 2 is 1.40 bits per heavy atom. The van der Waals surface area contributed by atoms with Crippen LogP contribution >= 0.6 is 0 Å². The van der Waals surface area contributed by atoms with Gasteiger partial charge in [-0.15, -0.1) is 0 Å². The maximum Gasteiger partial charge on any atom is 0.123 e. The molecule has 0 bridgehead atoms. The number of phenolic OH excluding ortho intramolecular Hbond substituents is 1. The lowest BCUT2D eigenvalue weighted by atomic mass is 9.78. The van der Waals surface area contributed by atoms with Gasteiger partial charge in [-0.05, 0) is 47.0 Å². The SMILES string of the molecule is CCNCCc1cc(C(C)(C)C)c(O)c(C(C)(C)C)c1. The van der Waals surface area contributed by atoms with Crippen LogP contribution in [0.25, 0.3) is 0 Å². The summed E-state index contributed by atoms with van der Waals surface area (Å²) in [6.07, 6.45) is 1.00. The number of likely N-dealkylation sites (N-methyl/N-ethyl adjacent to an activating group) is 1. The van der Waals surface area contributed by atoms with Crippen molar-refractivity contribution in [2.45, 2.75) is 65.7 Å². The van der Waals surface area contributed by atoms with Crippen LogP contribution in [0.5, 0.6) is 5.75 Å². The molecule has 2 heteroatoms. The van der Waals surface area contributed by atoms with Crippen LogP contribution in [0.1, 0.15) is 65.2 Å². The molecule has 0 radical (unpaired) electrons. The topological polar surface area (TPSA) is 32.3 Å². The van der Waals surface area contributed by atoms with Crippen molar-refractivity contribution in [2.75, 3.05) is 13.1 Å². The Morgan fingerprint density at radius 3 is 1.75 bits per heavy atom. The van der Waals surface area contributed by atoms with Gasteiger partial charge in [0.05, 0.1) is 0 Å². The Hall–Kier alpha value is -1.02. The van der Waals surface area contributed by atoms with Crippen molar-refractivity contribution in [1.29, 1.82) is 0 Å². The number of rotatable bonds is 4. The quantitative estimate of drug-likeness (QED) is 0.811. The summed E-state index contributed by atoms with van der Waals surface area (Å²) in [5, 5.41) is 14.0. The molecular weight excluding hydrogens is 246 g/mol. The molecule has 2 N–H and O–H groups in total. The van der Waals surface area contributed by atoms with E-state index in [-0.39, 0.29) is 10.8 Å². The lowest BCUT2D eigenvalue weighted by Gasteiger charge is -2.28. The van der Waals surface area contributed by atoms with E-state index >= 15 is 0 Å². The van der Waals surface area contributed by atoms with Crippen LogP contribution in [0.3, 0.4) is 0 Å². The third-order valence-electron chi connectivity index (χ3n) is 3.63. The summed E-state index contributed by atoms with van der Waals surface area (Å²) in [6.45, 7) is 17.0.